The van der Waals surface area contributed by atoms with Gasteiger partial charge in [0, 0.05) is 16.7 Å². The van der Waals surface area contributed by atoms with Crippen LogP contribution in [0.25, 0.3) is 32.6 Å². The molecule has 1 aromatic heterocycles. The summed E-state index contributed by atoms with van der Waals surface area (Å²) >= 11 is 0. The van der Waals surface area contributed by atoms with Gasteiger partial charge in [-0.15, -0.1) is 0 Å². The second kappa shape index (κ2) is 4.07. The number of rotatable bonds is 1. The smallest absolute Gasteiger partial charge is 0.198 e. The van der Waals surface area contributed by atoms with Gasteiger partial charge in [0.1, 0.15) is 5.52 Å². The fraction of sp³-hybridized carbons (Fsp3) is 0.167. The highest BCUT2D eigenvalue weighted by atomic mass is 16.3. The Bertz CT molecular complexity index is 861. The number of hydrogen-bond acceptors (Lipinski definition) is 2. The van der Waals surface area contributed by atoms with Crippen LogP contribution >= 0.6 is 0 Å². The zero-order chi connectivity index (χ0) is 13.7. The molecule has 4 rings (SSSR count). The van der Waals surface area contributed by atoms with Crippen LogP contribution < -0.4 is 0 Å². The van der Waals surface area contributed by atoms with E-state index in [1.165, 1.54) is 10.8 Å². The van der Waals surface area contributed by atoms with Crippen molar-refractivity contribution < 1.29 is 4.42 Å². The lowest BCUT2D eigenvalue weighted by Gasteiger charge is -2.04. The van der Waals surface area contributed by atoms with Gasteiger partial charge < -0.3 is 4.42 Å². The average molecular weight is 261 g/mol. The van der Waals surface area contributed by atoms with E-state index in [1.807, 2.05) is 6.07 Å². The summed E-state index contributed by atoms with van der Waals surface area (Å²) in [5.41, 5.74) is 1.88. The molecule has 0 bridgehead atoms. The van der Waals surface area contributed by atoms with Crippen LogP contribution in [0.5, 0.6) is 0 Å². The Morgan fingerprint density at radius 2 is 1.35 bits per heavy atom. The Morgan fingerprint density at radius 1 is 0.800 bits per heavy atom. The molecule has 1 heterocycles. The first kappa shape index (κ1) is 11.5. The molecule has 0 unspecified atom stereocenters. The Labute approximate surface area is 117 Å². The quantitative estimate of drug-likeness (QED) is 0.437. The molecule has 0 amide bonds. The molecule has 98 valence electrons. The van der Waals surface area contributed by atoms with Gasteiger partial charge >= 0.3 is 0 Å². The lowest BCUT2D eigenvalue weighted by molar-refractivity contribution is 0.503. The maximum Gasteiger partial charge on any atom is 0.198 e. The van der Waals surface area contributed by atoms with Crippen LogP contribution in [-0.4, -0.2) is 4.98 Å². The van der Waals surface area contributed by atoms with Gasteiger partial charge in [-0.05, 0) is 10.8 Å². The SMILES string of the molecule is CC(C)c1nc2c3ccccc3c3ccccc3c2o1. The Kier molecular flexibility index (Phi) is 2.34. The fourth-order valence-electron chi connectivity index (χ4n) is 2.79. The van der Waals surface area contributed by atoms with Crippen LogP contribution in [0.2, 0.25) is 0 Å². The number of nitrogens with zero attached hydrogens (tertiary/aromatic N) is 1. The van der Waals surface area contributed by atoms with Crippen molar-refractivity contribution in [1.82, 2.24) is 4.98 Å². The molecule has 2 heteroatoms. The van der Waals surface area contributed by atoms with Crippen LogP contribution in [0.3, 0.4) is 0 Å². The minimum absolute atomic E-state index is 0.292. The molecule has 0 aliphatic rings. The highest BCUT2D eigenvalue weighted by Crippen LogP contribution is 2.35. The number of benzene rings is 3. The van der Waals surface area contributed by atoms with Gasteiger partial charge in [0.05, 0.1) is 0 Å². The highest BCUT2D eigenvalue weighted by Gasteiger charge is 2.15. The van der Waals surface area contributed by atoms with Crippen molar-refractivity contribution in [3.63, 3.8) is 0 Å². The third kappa shape index (κ3) is 1.48. The van der Waals surface area contributed by atoms with Gasteiger partial charge in [-0.2, -0.15) is 0 Å². The number of oxazole rings is 1. The van der Waals surface area contributed by atoms with E-state index in [-0.39, 0.29) is 0 Å². The summed E-state index contributed by atoms with van der Waals surface area (Å²) in [6.45, 7) is 4.21. The molecular weight excluding hydrogens is 246 g/mol. The monoisotopic (exact) mass is 261 g/mol. The molecule has 0 N–H and O–H groups in total. The lowest BCUT2D eigenvalue weighted by atomic mass is 10.0. The summed E-state index contributed by atoms with van der Waals surface area (Å²) in [6, 6.07) is 16.8. The minimum Gasteiger partial charge on any atom is -0.440 e. The molecule has 0 radical (unpaired) electrons. The molecular formula is C18H15NO. The topological polar surface area (TPSA) is 26.0 Å². The minimum atomic E-state index is 0.292. The van der Waals surface area contributed by atoms with Gasteiger partial charge in [0.15, 0.2) is 11.5 Å². The van der Waals surface area contributed by atoms with Crippen LogP contribution in [0.1, 0.15) is 25.7 Å². The predicted molar refractivity (Wildman–Crippen MR) is 83.1 cm³/mol. The van der Waals surface area contributed by atoms with Gasteiger partial charge in [-0.25, -0.2) is 4.98 Å². The summed E-state index contributed by atoms with van der Waals surface area (Å²) in [5.74, 6) is 1.10. The molecule has 0 saturated carbocycles. The zero-order valence-electron chi connectivity index (χ0n) is 11.6. The summed E-state index contributed by atoms with van der Waals surface area (Å²) in [5, 5.41) is 4.76. The van der Waals surface area contributed by atoms with Crippen molar-refractivity contribution in [2.45, 2.75) is 19.8 Å². The first-order valence-corrected chi connectivity index (χ1v) is 6.95. The van der Waals surface area contributed by atoms with Crippen molar-refractivity contribution in [2.75, 3.05) is 0 Å². The van der Waals surface area contributed by atoms with E-state index >= 15 is 0 Å². The van der Waals surface area contributed by atoms with Crippen LogP contribution in [-0.2, 0) is 0 Å². The van der Waals surface area contributed by atoms with Gasteiger partial charge in [0.2, 0.25) is 0 Å². The van der Waals surface area contributed by atoms with E-state index in [4.69, 9.17) is 9.40 Å². The Morgan fingerprint density at radius 3 is 2.00 bits per heavy atom. The largest absolute Gasteiger partial charge is 0.440 e. The van der Waals surface area contributed by atoms with E-state index in [1.54, 1.807) is 0 Å². The van der Waals surface area contributed by atoms with E-state index in [9.17, 15) is 0 Å². The Hall–Kier alpha value is -2.35. The Balaban J connectivity index is 2.32. The van der Waals surface area contributed by atoms with E-state index in [0.29, 0.717) is 5.92 Å². The number of aromatic nitrogens is 1. The van der Waals surface area contributed by atoms with Crippen molar-refractivity contribution >= 4 is 32.6 Å². The summed E-state index contributed by atoms with van der Waals surface area (Å²) < 4.78 is 6.04. The fourth-order valence-corrected chi connectivity index (χ4v) is 2.79. The van der Waals surface area contributed by atoms with Crippen LogP contribution in [0.4, 0.5) is 0 Å². The normalized spacial score (nSPS) is 11.9. The molecule has 4 aromatic rings. The molecule has 0 fully saturated rings. The number of fused-ring (bicyclic) bond motifs is 6. The maximum atomic E-state index is 6.04. The highest BCUT2D eigenvalue weighted by molar-refractivity contribution is 6.22. The summed E-state index contributed by atoms with van der Waals surface area (Å²) in [6.07, 6.45) is 0. The first-order chi connectivity index (χ1) is 9.75. The second-order valence-electron chi connectivity index (χ2n) is 5.48. The summed E-state index contributed by atoms with van der Waals surface area (Å²) in [7, 11) is 0. The predicted octanol–water partition coefficient (Wildman–Crippen LogP) is 5.26. The second-order valence-corrected chi connectivity index (χ2v) is 5.48. The number of hydrogen-bond donors (Lipinski definition) is 0. The standard InChI is InChI=1S/C18H15NO/c1-11(2)18-19-16-14-9-5-3-7-12(14)13-8-4-6-10-15(13)17(16)20-18/h3-11H,1-2H3. The molecule has 2 nitrogen and oxygen atoms in total. The molecule has 20 heavy (non-hydrogen) atoms. The zero-order valence-corrected chi connectivity index (χ0v) is 11.6. The molecule has 0 aliphatic carbocycles. The molecule has 0 atom stereocenters. The third-order valence-corrected chi connectivity index (χ3v) is 3.78. The average Bonchev–Trinajstić information content (AvgIpc) is 2.93. The van der Waals surface area contributed by atoms with Crippen LogP contribution in [0.15, 0.2) is 52.9 Å². The van der Waals surface area contributed by atoms with Gasteiger partial charge in [-0.3, -0.25) is 0 Å². The first-order valence-electron chi connectivity index (χ1n) is 6.95. The van der Waals surface area contributed by atoms with E-state index < -0.39 is 0 Å². The lowest BCUT2D eigenvalue weighted by Crippen LogP contribution is -1.85. The van der Waals surface area contributed by atoms with Gasteiger partial charge in [-0.1, -0.05) is 62.4 Å². The van der Waals surface area contributed by atoms with E-state index in [0.717, 1.165) is 27.8 Å². The van der Waals surface area contributed by atoms with Crippen LogP contribution in [0, 0.1) is 0 Å². The van der Waals surface area contributed by atoms with Crippen molar-refractivity contribution in [1.29, 1.82) is 0 Å². The van der Waals surface area contributed by atoms with Crippen molar-refractivity contribution in [3.8, 4) is 0 Å². The third-order valence-electron chi connectivity index (χ3n) is 3.78. The maximum absolute atomic E-state index is 6.04. The van der Waals surface area contributed by atoms with Crippen molar-refractivity contribution in [3.05, 3.63) is 54.4 Å². The molecule has 3 aromatic carbocycles. The molecule has 0 saturated heterocycles. The molecule has 0 aliphatic heterocycles. The summed E-state index contributed by atoms with van der Waals surface area (Å²) in [4.78, 5) is 4.72. The molecule has 0 spiro atoms. The van der Waals surface area contributed by atoms with Crippen molar-refractivity contribution in [2.24, 2.45) is 0 Å². The van der Waals surface area contributed by atoms with Gasteiger partial charge in [0.25, 0.3) is 0 Å². The van der Waals surface area contributed by atoms with E-state index in [2.05, 4.69) is 56.3 Å².